The highest BCUT2D eigenvalue weighted by atomic mass is 19.4. The summed E-state index contributed by atoms with van der Waals surface area (Å²) < 4.78 is 38.4. The number of halogens is 3. The van der Waals surface area contributed by atoms with Gasteiger partial charge in [-0.15, -0.1) is 0 Å². The zero-order valence-corrected chi connectivity index (χ0v) is 11.5. The Kier molecular flexibility index (Phi) is 4.62. The Morgan fingerprint density at radius 3 is 2.35 bits per heavy atom. The lowest BCUT2D eigenvalue weighted by atomic mass is 9.90. The van der Waals surface area contributed by atoms with Crippen LogP contribution in [0, 0.1) is 15.5 Å². The Bertz CT molecular complexity index is 499. The molecular weight excluding hydrogens is 273 g/mol. The van der Waals surface area contributed by atoms with E-state index in [4.69, 9.17) is 0 Å². The van der Waals surface area contributed by atoms with Crippen LogP contribution in [0.3, 0.4) is 0 Å². The van der Waals surface area contributed by atoms with Crippen LogP contribution >= 0.6 is 0 Å². The first-order valence-electron chi connectivity index (χ1n) is 6.16. The van der Waals surface area contributed by atoms with Gasteiger partial charge in [-0.05, 0) is 24.0 Å². The topological polar surface area (TPSA) is 55.2 Å². The molecule has 0 fully saturated rings. The summed E-state index contributed by atoms with van der Waals surface area (Å²) in [5.74, 6) is 0. The van der Waals surface area contributed by atoms with Gasteiger partial charge < -0.3 is 5.32 Å². The molecule has 0 unspecified atom stereocenters. The third-order valence-corrected chi connectivity index (χ3v) is 3.23. The van der Waals surface area contributed by atoms with Crippen LogP contribution in [0.5, 0.6) is 0 Å². The number of nitro benzene ring substituents is 1. The van der Waals surface area contributed by atoms with Crippen LogP contribution in [0.15, 0.2) is 18.2 Å². The maximum absolute atomic E-state index is 12.8. The van der Waals surface area contributed by atoms with E-state index in [9.17, 15) is 23.3 Å². The van der Waals surface area contributed by atoms with E-state index < -0.39 is 22.4 Å². The van der Waals surface area contributed by atoms with Crippen LogP contribution in [0.25, 0.3) is 0 Å². The molecular formula is C13H17F3N2O2. The summed E-state index contributed by atoms with van der Waals surface area (Å²) in [4.78, 5) is 9.60. The van der Waals surface area contributed by atoms with Crippen molar-refractivity contribution in [2.45, 2.75) is 33.4 Å². The van der Waals surface area contributed by atoms with E-state index in [1.54, 1.807) is 0 Å². The van der Waals surface area contributed by atoms with E-state index in [0.29, 0.717) is 6.54 Å². The molecule has 1 aromatic rings. The number of nitrogens with zero attached hydrogens (tertiary/aromatic N) is 1. The number of hydrogen-bond donors (Lipinski definition) is 1. The summed E-state index contributed by atoms with van der Waals surface area (Å²) in [6, 6.07) is 2.95. The van der Waals surface area contributed by atoms with E-state index >= 15 is 0 Å². The normalized spacial score (nSPS) is 12.3. The molecule has 0 saturated heterocycles. The van der Waals surface area contributed by atoms with Crippen molar-refractivity contribution in [1.29, 1.82) is 0 Å². The summed E-state index contributed by atoms with van der Waals surface area (Å²) in [5.41, 5.74) is -2.01. The van der Waals surface area contributed by atoms with E-state index in [1.165, 1.54) is 6.07 Å². The second kappa shape index (κ2) is 5.68. The van der Waals surface area contributed by atoms with E-state index in [2.05, 4.69) is 5.32 Å². The van der Waals surface area contributed by atoms with Crippen molar-refractivity contribution in [3.05, 3.63) is 33.9 Å². The lowest BCUT2D eigenvalue weighted by Gasteiger charge is -2.23. The molecule has 0 atom stereocenters. The molecule has 1 rings (SSSR count). The van der Waals surface area contributed by atoms with E-state index in [0.717, 1.165) is 18.6 Å². The van der Waals surface area contributed by atoms with Crippen molar-refractivity contribution in [2.24, 2.45) is 5.41 Å². The number of alkyl halides is 3. The number of rotatable bonds is 5. The summed E-state index contributed by atoms with van der Waals surface area (Å²) >= 11 is 0. The monoisotopic (exact) mass is 290 g/mol. The van der Waals surface area contributed by atoms with Gasteiger partial charge in [-0.2, -0.15) is 13.2 Å². The Labute approximate surface area is 115 Å². The molecule has 0 aliphatic carbocycles. The molecule has 0 aromatic heterocycles. The molecule has 4 nitrogen and oxygen atoms in total. The van der Waals surface area contributed by atoms with Crippen molar-refractivity contribution >= 4 is 11.4 Å². The summed E-state index contributed by atoms with van der Waals surface area (Å²) in [6.07, 6.45) is -3.89. The largest absolute Gasteiger partial charge is 0.423 e. The second-order valence-corrected chi connectivity index (χ2v) is 5.36. The highest BCUT2D eigenvalue weighted by Gasteiger charge is 2.38. The molecule has 1 aromatic carbocycles. The Morgan fingerprint density at radius 1 is 1.30 bits per heavy atom. The minimum atomic E-state index is -4.75. The maximum atomic E-state index is 12.8. The smallest absolute Gasteiger partial charge is 0.384 e. The van der Waals surface area contributed by atoms with Crippen LogP contribution in [0.2, 0.25) is 0 Å². The molecule has 1 N–H and O–H groups in total. The first kappa shape index (κ1) is 16.3. The van der Waals surface area contributed by atoms with Crippen LogP contribution in [-0.2, 0) is 6.18 Å². The van der Waals surface area contributed by atoms with Crippen LogP contribution < -0.4 is 5.32 Å². The van der Waals surface area contributed by atoms with Gasteiger partial charge in [-0.25, -0.2) is 0 Å². The van der Waals surface area contributed by atoms with Crippen molar-refractivity contribution < 1.29 is 18.1 Å². The lowest BCUT2D eigenvalue weighted by molar-refractivity contribution is -0.388. The van der Waals surface area contributed by atoms with Crippen molar-refractivity contribution in [1.82, 2.24) is 0 Å². The van der Waals surface area contributed by atoms with Gasteiger partial charge in [0.05, 0.1) is 4.92 Å². The standard InChI is InChI=1S/C13H17F3N2O2/c1-4-12(2,3)8-17-9-5-6-11(18(19)20)10(7-9)13(14,15)16/h5-7,17H,4,8H2,1-3H3. The molecule has 0 saturated carbocycles. The summed E-state index contributed by atoms with van der Waals surface area (Å²) in [5, 5.41) is 13.5. The fourth-order valence-electron chi connectivity index (χ4n) is 1.50. The molecule has 112 valence electrons. The molecule has 7 heteroatoms. The molecule has 20 heavy (non-hydrogen) atoms. The zero-order valence-electron chi connectivity index (χ0n) is 11.5. The van der Waals surface area contributed by atoms with Gasteiger partial charge in [0.25, 0.3) is 5.69 Å². The molecule has 0 heterocycles. The first-order valence-corrected chi connectivity index (χ1v) is 6.16. The van der Waals surface area contributed by atoms with Gasteiger partial charge in [0, 0.05) is 18.3 Å². The molecule has 0 spiro atoms. The fourth-order valence-corrected chi connectivity index (χ4v) is 1.50. The summed E-state index contributed by atoms with van der Waals surface area (Å²) in [6.45, 7) is 6.43. The number of nitro groups is 1. The number of nitrogens with one attached hydrogen (secondary N) is 1. The highest BCUT2D eigenvalue weighted by molar-refractivity contribution is 5.55. The van der Waals surface area contributed by atoms with Crippen LogP contribution in [-0.4, -0.2) is 11.5 Å². The molecule has 0 amide bonds. The van der Waals surface area contributed by atoms with Gasteiger partial charge in [0.15, 0.2) is 0 Å². The fraction of sp³-hybridized carbons (Fsp3) is 0.538. The van der Waals surface area contributed by atoms with E-state index in [-0.39, 0.29) is 11.1 Å². The minimum absolute atomic E-state index is 0.0693. The molecule has 0 aliphatic rings. The second-order valence-electron chi connectivity index (χ2n) is 5.36. The van der Waals surface area contributed by atoms with Gasteiger partial charge in [-0.1, -0.05) is 20.8 Å². The average Bonchev–Trinajstić information content (AvgIpc) is 2.35. The predicted molar refractivity (Wildman–Crippen MR) is 70.7 cm³/mol. The van der Waals surface area contributed by atoms with Crippen molar-refractivity contribution in [3.8, 4) is 0 Å². The zero-order chi connectivity index (χ0) is 15.6. The third-order valence-electron chi connectivity index (χ3n) is 3.23. The number of anilines is 1. The first-order chi connectivity index (χ1) is 9.07. The third kappa shape index (κ3) is 4.11. The number of benzene rings is 1. The Balaban J connectivity index is 3.05. The minimum Gasteiger partial charge on any atom is -0.384 e. The van der Waals surface area contributed by atoms with Gasteiger partial charge in [0.1, 0.15) is 5.56 Å². The van der Waals surface area contributed by atoms with E-state index in [1.807, 2.05) is 20.8 Å². The average molecular weight is 290 g/mol. The van der Waals surface area contributed by atoms with Crippen LogP contribution in [0.1, 0.15) is 32.8 Å². The Hall–Kier alpha value is -1.79. The van der Waals surface area contributed by atoms with Gasteiger partial charge >= 0.3 is 6.18 Å². The lowest BCUT2D eigenvalue weighted by Crippen LogP contribution is -2.22. The molecule has 0 bridgehead atoms. The number of hydrogen-bond acceptors (Lipinski definition) is 3. The van der Waals surface area contributed by atoms with Crippen molar-refractivity contribution in [3.63, 3.8) is 0 Å². The quantitative estimate of drug-likeness (QED) is 0.643. The SMILES string of the molecule is CCC(C)(C)CNc1ccc([N+](=O)[O-])c(C(F)(F)F)c1. The van der Waals surface area contributed by atoms with Gasteiger partial charge in [0.2, 0.25) is 0 Å². The van der Waals surface area contributed by atoms with Gasteiger partial charge in [-0.3, -0.25) is 10.1 Å². The maximum Gasteiger partial charge on any atom is 0.423 e. The van der Waals surface area contributed by atoms with Crippen LogP contribution in [0.4, 0.5) is 24.5 Å². The highest BCUT2D eigenvalue weighted by Crippen LogP contribution is 2.37. The predicted octanol–water partition coefficient (Wildman–Crippen LogP) is 4.46. The molecule has 0 radical (unpaired) electrons. The molecule has 0 aliphatic heterocycles. The Morgan fingerprint density at radius 2 is 1.90 bits per heavy atom. The summed E-state index contributed by atoms with van der Waals surface area (Å²) in [7, 11) is 0. The van der Waals surface area contributed by atoms with Crippen molar-refractivity contribution in [2.75, 3.05) is 11.9 Å².